The van der Waals surface area contributed by atoms with E-state index in [1.54, 1.807) is 6.07 Å². The maximum absolute atomic E-state index is 13.5. The maximum atomic E-state index is 13.5. The lowest BCUT2D eigenvalue weighted by Gasteiger charge is -2.35. The molecule has 0 N–H and O–H groups in total. The Morgan fingerprint density at radius 2 is 1.78 bits per heavy atom. The molecule has 0 radical (unpaired) electrons. The third kappa shape index (κ3) is 5.91. The summed E-state index contributed by atoms with van der Waals surface area (Å²) in [7, 11) is -3.91. The van der Waals surface area contributed by atoms with E-state index in [-0.39, 0.29) is 16.2 Å². The van der Waals surface area contributed by atoms with Crippen molar-refractivity contribution in [1.29, 1.82) is 5.26 Å². The van der Waals surface area contributed by atoms with Crippen LogP contribution in [0.15, 0.2) is 41.3 Å². The molecule has 32 heavy (non-hydrogen) atoms. The molecular weight excluding hydrogens is 489 g/mol. The van der Waals surface area contributed by atoms with Gasteiger partial charge in [0.05, 0.1) is 16.6 Å². The Kier molecular flexibility index (Phi) is 8.37. The summed E-state index contributed by atoms with van der Waals surface area (Å²) in [5.74, 6) is 0.401. The highest BCUT2D eigenvalue weighted by atomic mass is 35.5. The van der Waals surface area contributed by atoms with Crippen LogP contribution < -0.4 is 4.74 Å². The highest BCUT2D eigenvalue weighted by Crippen LogP contribution is 2.34. The first-order chi connectivity index (χ1) is 15.2. The molecular formula is C22H23Cl2N3O3S2. The first-order valence-electron chi connectivity index (χ1n) is 10.2. The summed E-state index contributed by atoms with van der Waals surface area (Å²) in [4.78, 5) is 2.86. The molecule has 1 aliphatic rings. The Morgan fingerprint density at radius 3 is 2.38 bits per heavy atom. The van der Waals surface area contributed by atoms with Crippen molar-refractivity contribution in [2.45, 2.75) is 31.1 Å². The standard InChI is InChI=1S/C22H23Cl2N3O3S2/c1-2-3-4-22(31)26-7-9-27(10-8-26)32(28,29)21-11-16(15-25)5-6-20(21)30-19-13-17(23)12-18(24)14-19/h5-6,11-14H,2-4,7-10H2,1H3. The van der Waals surface area contributed by atoms with Crippen LogP contribution in [0.1, 0.15) is 31.7 Å². The quantitative estimate of drug-likeness (QED) is 0.458. The SMILES string of the molecule is CCCCC(=S)N1CCN(S(=O)(=O)c2cc(C#N)ccc2Oc2cc(Cl)cc(Cl)c2)CC1. The van der Waals surface area contributed by atoms with Crippen LogP contribution in [-0.2, 0) is 10.0 Å². The third-order valence-corrected chi connectivity index (χ3v) is 7.91. The number of unbranched alkanes of at least 4 members (excludes halogenated alkanes) is 1. The van der Waals surface area contributed by atoms with E-state index in [4.69, 9.17) is 40.2 Å². The van der Waals surface area contributed by atoms with Crippen LogP contribution in [0.25, 0.3) is 0 Å². The second-order valence-electron chi connectivity index (χ2n) is 7.37. The van der Waals surface area contributed by atoms with Gasteiger partial charge in [-0.3, -0.25) is 0 Å². The van der Waals surface area contributed by atoms with E-state index in [1.807, 2.05) is 6.07 Å². The largest absolute Gasteiger partial charge is 0.456 e. The molecule has 0 saturated carbocycles. The molecule has 0 bridgehead atoms. The first-order valence-corrected chi connectivity index (χ1v) is 12.8. The Labute approximate surface area is 204 Å². The summed E-state index contributed by atoms with van der Waals surface area (Å²) in [5.41, 5.74) is 0.222. The minimum absolute atomic E-state index is 0.0744. The van der Waals surface area contributed by atoms with Gasteiger partial charge >= 0.3 is 0 Å². The fourth-order valence-electron chi connectivity index (χ4n) is 3.38. The van der Waals surface area contributed by atoms with E-state index < -0.39 is 10.0 Å². The number of piperazine rings is 1. The molecule has 0 amide bonds. The Morgan fingerprint density at radius 1 is 1.12 bits per heavy atom. The second kappa shape index (κ2) is 10.8. The number of halogens is 2. The van der Waals surface area contributed by atoms with Gasteiger partial charge in [0.25, 0.3) is 0 Å². The first kappa shape index (κ1) is 24.7. The van der Waals surface area contributed by atoms with Crippen molar-refractivity contribution < 1.29 is 13.2 Å². The van der Waals surface area contributed by atoms with Crippen LogP contribution in [0.3, 0.4) is 0 Å². The summed E-state index contributed by atoms with van der Waals surface area (Å²) in [6, 6.07) is 10.9. The molecule has 10 heteroatoms. The molecule has 1 fully saturated rings. The van der Waals surface area contributed by atoms with E-state index in [1.165, 1.54) is 34.6 Å². The topological polar surface area (TPSA) is 73.6 Å². The van der Waals surface area contributed by atoms with Gasteiger partial charge in [-0.1, -0.05) is 48.8 Å². The highest BCUT2D eigenvalue weighted by molar-refractivity contribution is 7.89. The van der Waals surface area contributed by atoms with Gasteiger partial charge in [-0.25, -0.2) is 8.42 Å². The molecule has 2 aromatic carbocycles. The molecule has 0 aliphatic carbocycles. The zero-order valence-electron chi connectivity index (χ0n) is 17.6. The molecule has 0 aromatic heterocycles. The Balaban J connectivity index is 1.85. The molecule has 1 aliphatic heterocycles. The monoisotopic (exact) mass is 511 g/mol. The van der Waals surface area contributed by atoms with Crippen molar-refractivity contribution in [2.24, 2.45) is 0 Å². The highest BCUT2D eigenvalue weighted by Gasteiger charge is 2.32. The Bertz CT molecular complexity index is 1120. The lowest BCUT2D eigenvalue weighted by molar-refractivity contribution is 0.265. The molecule has 2 aromatic rings. The molecule has 1 heterocycles. The summed E-state index contributed by atoms with van der Waals surface area (Å²) in [6.07, 6.45) is 2.92. The number of rotatable bonds is 7. The average Bonchev–Trinajstić information content (AvgIpc) is 2.77. The normalized spacial score (nSPS) is 14.8. The average molecular weight is 512 g/mol. The van der Waals surface area contributed by atoms with Gasteiger partial charge in [-0.05, 0) is 49.2 Å². The van der Waals surface area contributed by atoms with Crippen molar-refractivity contribution in [3.8, 4) is 17.6 Å². The maximum Gasteiger partial charge on any atom is 0.246 e. The molecule has 0 atom stereocenters. The number of nitrogens with zero attached hydrogens (tertiary/aromatic N) is 3. The third-order valence-electron chi connectivity index (χ3n) is 5.09. The number of hydrogen-bond donors (Lipinski definition) is 0. The van der Waals surface area contributed by atoms with E-state index >= 15 is 0 Å². The number of sulfonamides is 1. The fourth-order valence-corrected chi connectivity index (χ4v) is 5.78. The molecule has 0 spiro atoms. The summed E-state index contributed by atoms with van der Waals surface area (Å²) < 4.78 is 34.2. The van der Waals surface area contributed by atoms with Crippen LogP contribution in [0.5, 0.6) is 11.5 Å². The molecule has 170 valence electrons. The summed E-state index contributed by atoms with van der Waals surface area (Å²) >= 11 is 17.6. The van der Waals surface area contributed by atoms with Gasteiger partial charge in [0, 0.05) is 36.2 Å². The van der Waals surface area contributed by atoms with Crippen LogP contribution in [0.2, 0.25) is 10.0 Å². The molecule has 3 rings (SSSR count). The van der Waals surface area contributed by atoms with E-state index in [9.17, 15) is 13.7 Å². The van der Waals surface area contributed by atoms with Crippen LogP contribution >= 0.6 is 35.4 Å². The molecule has 1 saturated heterocycles. The lowest BCUT2D eigenvalue weighted by Crippen LogP contribution is -2.50. The zero-order valence-corrected chi connectivity index (χ0v) is 20.7. The van der Waals surface area contributed by atoms with Gasteiger partial charge in [-0.15, -0.1) is 0 Å². The van der Waals surface area contributed by atoms with Gasteiger partial charge < -0.3 is 9.64 Å². The predicted octanol–water partition coefficient (Wildman–Crippen LogP) is 5.48. The van der Waals surface area contributed by atoms with Gasteiger partial charge in [0.2, 0.25) is 10.0 Å². The number of ether oxygens (including phenoxy) is 1. The van der Waals surface area contributed by atoms with Crippen LogP contribution in [0.4, 0.5) is 0 Å². The minimum atomic E-state index is -3.91. The van der Waals surface area contributed by atoms with Gasteiger partial charge in [-0.2, -0.15) is 9.57 Å². The minimum Gasteiger partial charge on any atom is -0.456 e. The molecule has 6 nitrogen and oxygen atoms in total. The van der Waals surface area contributed by atoms with Crippen molar-refractivity contribution in [1.82, 2.24) is 9.21 Å². The van der Waals surface area contributed by atoms with Crippen molar-refractivity contribution in [2.75, 3.05) is 26.2 Å². The number of nitriles is 1. The number of hydrogen-bond acceptors (Lipinski definition) is 5. The van der Waals surface area contributed by atoms with Crippen LogP contribution in [0, 0.1) is 11.3 Å². The molecule has 0 unspecified atom stereocenters. The zero-order chi connectivity index (χ0) is 23.3. The fraction of sp³-hybridized carbons (Fsp3) is 0.364. The van der Waals surface area contributed by atoms with Gasteiger partial charge in [0.15, 0.2) is 0 Å². The Hall–Kier alpha value is -1.89. The summed E-state index contributed by atoms with van der Waals surface area (Å²) in [5, 5.41) is 10.0. The predicted molar refractivity (Wildman–Crippen MR) is 130 cm³/mol. The second-order valence-corrected chi connectivity index (χ2v) is 10.6. The van der Waals surface area contributed by atoms with Crippen molar-refractivity contribution in [3.63, 3.8) is 0 Å². The smallest absolute Gasteiger partial charge is 0.246 e. The van der Waals surface area contributed by atoms with Gasteiger partial charge in [0.1, 0.15) is 16.4 Å². The summed E-state index contributed by atoms with van der Waals surface area (Å²) in [6.45, 7) is 3.76. The van der Waals surface area contributed by atoms with E-state index in [0.29, 0.717) is 42.0 Å². The van der Waals surface area contributed by atoms with Crippen molar-refractivity contribution >= 4 is 50.4 Å². The van der Waals surface area contributed by atoms with E-state index in [2.05, 4.69) is 11.8 Å². The van der Waals surface area contributed by atoms with Crippen LogP contribution in [-0.4, -0.2) is 48.8 Å². The van der Waals surface area contributed by atoms with Crippen molar-refractivity contribution in [3.05, 3.63) is 52.0 Å². The number of thiocarbonyl (C=S) groups is 1. The number of benzene rings is 2. The lowest BCUT2D eigenvalue weighted by atomic mass is 10.2. The van der Waals surface area contributed by atoms with E-state index in [0.717, 1.165) is 24.3 Å².